The Balaban J connectivity index is 1.57. The predicted molar refractivity (Wildman–Crippen MR) is 147 cm³/mol. The maximum Gasteiger partial charge on any atom is 0.338 e. The van der Waals surface area contributed by atoms with Crippen LogP contribution in [-0.4, -0.2) is 28.0 Å². The number of halogens is 1. The van der Waals surface area contributed by atoms with Gasteiger partial charge in [-0.25, -0.2) is 9.78 Å². The summed E-state index contributed by atoms with van der Waals surface area (Å²) in [5, 5.41) is 3.28. The zero-order chi connectivity index (χ0) is 25.7. The molecule has 0 bridgehead atoms. The molecule has 0 aliphatic rings. The Morgan fingerprint density at radius 2 is 1.92 bits per heavy atom. The summed E-state index contributed by atoms with van der Waals surface area (Å²) in [6, 6.07) is 14.4. The van der Waals surface area contributed by atoms with Crippen molar-refractivity contribution in [1.29, 1.82) is 0 Å². The van der Waals surface area contributed by atoms with Gasteiger partial charge in [0, 0.05) is 20.6 Å². The van der Waals surface area contributed by atoms with Gasteiger partial charge in [0.2, 0.25) is 5.91 Å². The van der Waals surface area contributed by atoms with Crippen molar-refractivity contribution < 1.29 is 14.3 Å². The zero-order valence-electron chi connectivity index (χ0n) is 20.0. The summed E-state index contributed by atoms with van der Waals surface area (Å²) in [5.41, 5.74) is 2.34. The number of benzene rings is 2. The molecule has 9 heteroatoms. The molecular weight excluding hydrogens is 542 g/mol. The molecule has 0 spiro atoms. The van der Waals surface area contributed by atoms with Crippen LogP contribution in [0.15, 0.2) is 64.1 Å². The Hall–Kier alpha value is -3.30. The van der Waals surface area contributed by atoms with E-state index in [1.165, 1.54) is 22.2 Å². The van der Waals surface area contributed by atoms with Crippen molar-refractivity contribution in [3.63, 3.8) is 0 Å². The first kappa shape index (κ1) is 25.8. The lowest BCUT2D eigenvalue weighted by Crippen LogP contribution is -2.27. The second-order valence-corrected chi connectivity index (χ2v) is 10.2. The van der Waals surface area contributed by atoms with Crippen molar-refractivity contribution in [2.45, 2.75) is 39.7 Å². The second-order valence-electron chi connectivity index (χ2n) is 8.24. The van der Waals surface area contributed by atoms with Gasteiger partial charge in [-0.05, 0) is 48.7 Å². The van der Waals surface area contributed by atoms with Crippen LogP contribution >= 0.6 is 27.3 Å². The first-order valence-electron chi connectivity index (χ1n) is 11.7. The highest BCUT2D eigenvalue weighted by atomic mass is 79.9. The average molecular weight is 568 g/mol. The van der Waals surface area contributed by atoms with Crippen LogP contribution in [0.2, 0.25) is 0 Å². The molecule has 7 nitrogen and oxygen atoms in total. The highest BCUT2D eigenvalue weighted by Crippen LogP contribution is 2.36. The Labute approximate surface area is 221 Å². The van der Waals surface area contributed by atoms with E-state index in [9.17, 15) is 14.4 Å². The van der Waals surface area contributed by atoms with E-state index in [4.69, 9.17) is 4.74 Å². The monoisotopic (exact) mass is 567 g/mol. The molecule has 0 aliphatic carbocycles. The molecule has 1 N–H and O–H groups in total. The number of aromatic nitrogens is 2. The van der Waals surface area contributed by atoms with Gasteiger partial charge in [0.25, 0.3) is 5.56 Å². The van der Waals surface area contributed by atoms with E-state index < -0.39 is 11.9 Å². The third-order valence-electron chi connectivity index (χ3n) is 5.63. The molecule has 2 aromatic carbocycles. The summed E-state index contributed by atoms with van der Waals surface area (Å²) in [4.78, 5) is 44.7. The highest BCUT2D eigenvalue weighted by molar-refractivity contribution is 9.10. The first-order valence-corrected chi connectivity index (χ1v) is 13.4. The molecule has 0 fully saturated rings. The molecule has 36 heavy (non-hydrogen) atoms. The minimum absolute atomic E-state index is 0.204. The Bertz CT molecular complexity index is 1460. The number of thiophene rings is 1. The molecular formula is C27H26BrN3O4S. The van der Waals surface area contributed by atoms with Gasteiger partial charge in [-0.2, -0.15) is 0 Å². The molecule has 0 unspecified atom stereocenters. The lowest BCUT2D eigenvalue weighted by Gasteiger charge is -2.09. The van der Waals surface area contributed by atoms with Crippen molar-refractivity contribution in [3.05, 3.63) is 80.1 Å². The third-order valence-corrected chi connectivity index (χ3v) is 7.40. The summed E-state index contributed by atoms with van der Waals surface area (Å²) < 4.78 is 7.51. The van der Waals surface area contributed by atoms with Crippen LogP contribution in [0, 0.1) is 0 Å². The Morgan fingerprint density at radius 3 is 2.64 bits per heavy atom. The number of esters is 1. The van der Waals surface area contributed by atoms with Gasteiger partial charge in [0.15, 0.2) is 0 Å². The molecule has 0 saturated heterocycles. The summed E-state index contributed by atoms with van der Waals surface area (Å²) in [7, 11) is 0. The van der Waals surface area contributed by atoms with Gasteiger partial charge in [-0.1, -0.05) is 54.4 Å². The number of ether oxygens (including phenoxy) is 1. The minimum Gasteiger partial charge on any atom is -0.462 e. The number of nitrogens with zero attached hydrogens (tertiary/aromatic N) is 2. The molecule has 0 radical (unpaired) electrons. The van der Waals surface area contributed by atoms with E-state index in [2.05, 4.69) is 26.2 Å². The lowest BCUT2D eigenvalue weighted by molar-refractivity contribution is -0.116. The highest BCUT2D eigenvalue weighted by Gasteiger charge is 2.19. The topological polar surface area (TPSA) is 90.3 Å². The minimum atomic E-state index is -0.435. The zero-order valence-corrected chi connectivity index (χ0v) is 22.4. The smallest absolute Gasteiger partial charge is 0.338 e. The van der Waals surface area contributed by atoms with Crippen molar-refractivity contribution in [2.24, 2.45) is 0 Å². The van der Waals surface area contributed by atoms with Crippen LogP contribution in [0.4, 0.5) is 5.69 Å². The van der Waals surface area contributed by atoms with Gasteiger partial charge in [0.05, 0.1) is 23.9 Å². The quantitative estimate of drug-likeness (QED) is 0.196. The number of nitrogens with one attached hydrogen (secondary N) is 1. The summed E-state index contributed by atoms with van der Waals surface area (Å²) >= 11 is 4.95. The maximum atomic E-state index is 13.5. The van der Waals surface area contributed by atoms with Crippen LogP contribution in [-0.2, 0) is 22.5 Å². The molecule has 0 atom stereocenters. The predicted octanol–water partition coefficient (Wildman–Crippen LogP) is 6.05. The van der Waals surface area contributed by atoms with Gasteiger partial charge in [0.1, 0.15) is 11.4 Å². The van der Waals surface area contributed by atoms with E-state index in [0.717, 1.165) is 39.7 Å². The van der Waals surface area contributed by atoms with E-state index in [0.29, 0.717) is 28.1 Å². The average Bonchev–Trinajstić information content (AvgIpc) is 3.26. The SMILES string of the molecule is CCCCOC(=O)c1cccc(NC(=O)Cn2cnc3sc(CC)c(-c4ccc(Br)cc4)c3c2=O)c1. The normalized spacial score (nSPS) is 11.0. The standard InChI is InChI=1S/C27H26BrN3O4S/c1-3-5-13-35-27(34)18-7-6-8-20(14-18)30-22(32)15-31-16-29-25-24(26(31)33)23(21(4-2)36-25)17-9-11-19(28)12-10-17/h6-12,14,16H,3-5,13,15H2,1-2H3,(H,30,32). The summed E-state index contributed by atoms with van der Waals surface area (Å²) in [6.07, 6.45) is 3.90. The van der Waals surface area contributed by atoms with Crippen molar-refractivity contribution in [3.8, 4) is 11.1 Å². The molecule has 1 amide bonds. The first-order chi connectivity index (χ1) is 17.4. The van der Waals surface area contributed by atoms with Crippen molar-refractivity contribution in [1.82, 2.24) is 9.55 Å². The second kappa shape index (κ2) is 11.6. The van der Waals surface area contributed by atoms with Crippen LogP contribution < -0.4 is 10.9 Å². The van der Waals surface area contributed by atoms with Crippen LogP contribution in [0.3, 0.4) is 0 Å². The molecule has 0 saturated carbocycles. The molecule has 2 aromatic heterocycles. The van der Waals surface area contributed by atoms with E-state index in [1.807, 2.05) is 38.1 Å². The summed E-state index contributed by atoms with van der Waals surface area (Å²) in [6.45, 7) is 4.22. The number of hydrogen-bond acceptors (Lipinski definition) is 6. The number of amides is 1. The van der Waals surface area contributed by atoms with Gasteiger partial charge in [-0.3, -0.25) is 14.2 Å². The molecule has 2 heterocycles. The molecule has 186 valence electrons. The van der Waals surface area contributed by atoms with E-state index in [1.54, 1.807) is 24.3 Å². The van der Waals surface area contributed by atoms with Crippen LogP contribution in [0.5, 0.6) is 0 Å². The number of aryl methyl sites for hydroxylation is 1. The van der Waals surface area contributed by atoms with E-state index in [-0.39, 0.29) is 12.1 Å². The fraction of sp³-hybridized carbons (Fsp3) is 0.259. The van der Waals surface area contributed by atoms with Gasteiger partial charge < -0.3 is 10.1 Å². The van der Waals surface area contributed by atoms with Crippen molar-refractivity contribution in [2.75, 3.05) is 11.9 Å². The van der Waals surface area contributed by atoms with Gasteiger partial charge >= 0.3 is 5.97 Å². The number of hydrogen-bond donors (Lipinski definition) is 1. The fourth-order valence-corrected chi connectivity index (χ4v) is 5.18. The summed E-state index contributed by atoms with van der Waals surface area (Å²) in [5.74, 6) is -0.832. The number of anilines is 1. The lowest BCUT2D eigenvalue weighted by atomic mass is 10.0. The van der Waals surface area contributed by atoms with Crippen LogP contribution in [0.25, 0.3) is 21.3 Å². The van der Waals surface area contributed by atoms with Gasteiger partial charge in [-0.15, -0.1) is 11.3 Å². The number of rotatable bonds is 9. The largest absolute Gasteiger partial charge is 0.462 e. The molecule has 0 aliphatic heterocycles. The number of carbonyl (C=O) groups is 2. The molecule has 4 aromatic rings. The number of unbranched alkanes of at least 4 members (excludes halogenated alkanes) is 1. The Morgan fingerprint density at radius 1 is 1.14 bits per heavy atom. The maximum absolute atomic E-state index is 13.5. The fourth-order valence-electron chi connectivity index (χ4n) is 3.83. The number of carbonyl (C=O) groups excluding carboxylic acids is 2. The molecule has 4 rings (SSSR count). The van der Waals surface area contributed by atoms with Crippen LogP contribution in [0.1, 0.15) is 41.9 Å². The number of fused-ring (bicyclic) bond motifs is 1. The third kappa shape index (κ3) is 5.74. The van der Waals surface area contributed by atoms with Crippen molar-refractivity contribution >= 4 is 55.0 Å². The Kier molecular flexibility index (Phi) is 8.32. The van der Waals surface area contributed by atoms with E-state index >= 15 is 0 Å².